The van der Waals surface area contributed by atoms with Crippen molar-refractivity contribution in [2.75, 3.05) is 42.6 Å². The first-order chi connectivity index (χ1) is 12.5. The summed E-state index contributed by atoms with van der Waals surface area (Å²) in [6, 6.07) is 6.09. The number of pyridine rings is 1. The van der Waals surface area contributed by atoms with E-state index in [1.54, 1.807) is 4.68 Å². The third kappa shape index (κ3) is 3.81. The van der Waals surface area contributed by atoms with Crippen molar-refractivity contribution in [3.05, 3.63) is 35.1 Å². The normalized spacial score (nSPS) is 23.4. The third-order valence-electron chi connectivity index (χ3n) is 5.08. The van der Waals surface area contributed by atoms with Crippen LogP contribution in [0.1, 0.15) is 18.2 Å². The van der Waals surface area contributed by atoms with Gasteiger partial charge in [-0.15, -0.1) is 5.10 Å². The van der Waals surface area contributed by atoms with Gasteiger partial charge in [0.15, 0.2) is 16.5 Å². The fourth-order valence-corrected chi connectivity index (χ4v) is 5.51. The van der Waals surface area contributed by atoms with E-state index in [9.17, 15) is 8.42 Å². The summed E-state index contributed by atoms with van der Waals surface area (Å²) in [6.45, 7) is 4.51. The number of sulfone groups is 1. The number of piperazine rings is 1. The second kappa shape index (κ2) is 7.09. The number of hydrogen-bond acceptors (Lipinski definition) is 6. The van der Waals surface area contributed by atoms with Crippen LogP contribution in [0.25, 0.3) is 0 Å². The lowest BCUT2D eigenvalue weighted by atomic mass is 10.1. The minimum atomic E-state index is -2.96. The van der Waals surface area contributed by atoms with E-state index < -0.39 is 9.84 Å². The summed E-state index contributed by atoms with van der Waals surface area (Å²) in [4.78, 5) is 7.32. The molecule has 8 nitrogen and oxygen atoms in total. The Kier molecular flexibility index (Phi) is 4.80. The minimum absolute atomic E-state index is 0.112. The number of H-pyrrole nitrogens is 1. The van der Waals surface area contributed by atoms with Crippen molar-refractivity contribution in [1.29, 1.82) is 0 Å². The summed E-state index contributed by atoms with van der Waals surface area (Å²) in [5, 5.41) is 4.47. The molecule has 1 atom stereocenters. The Labute approximate surface area is 157 Å². The zero-order chi connectivity index (χ0) is 18.1. The second-order valence-electron chi connectivity index (χ2n) is 6.95. The van der Waals surface area contributed by atoms with Crippen LogP contribution in [0.4, 0.5) is 5.82 Å². The maximum absolute atomic E-state index is 11.7. The number of nitrogens with zero attached hydrogens (tertiary/aromatic N) is 3. The second-order valence-corrected chi connectivity index (χ2v) is 9.53. The molecule has 2 aromatic heterocycles. The zero-order valence-corrected chi connectivity index (χ0v) is 16.1. The number of anilines is 1. The van der Waals surface area contributed by atoms with Crippen molar-refractivity contribution in [3.8, 4) is 0 Å². The molecule has 0 amide bonds. The molecule has 4 rings (SSSR count). The van der Waals surface area contributed by atoms with Crippen molar-refractivity contribution < 1.29 is 22.7 Å². The van der Waals surface area contributed by atoms with Crippen LogP contribution in [0.3, 0.4) is 0 Å². The van der Waals surface area contributed by atoms with Crippen LogP contribution >= 0.6 is 12.2 Å². The Hall–Kier alpha value is -1.78. The van der Waals surface area contributed by atoms with Gasteiger partial charge in [-0.3, -0.25) is 4.90 Å². The molecule has 0 radical (unpaired) electrons. The van der Waals surface area contributed by atoms with Gasteiger partial charge in [0.1, 0.15) is 26.2 Å². The molecule has 0 bridgehead atoms. The Morgan fingerprint density at radius 2 is 2.15 bits per heavy atom. The molecular weight excluding hydrogens is 374 g/mol. The van der Waals surface area contributed by atoms with Gasteiger partial charge in [0.05, 0.1) is 23.6 Å². The van der Waals surface area contributed by atoms with E-state index in [0.29, 0.717) is 23.8 Å². The van der Waals surface area contributed by atoms with Crippen molar-refractivity contribution in [1.82, 2.24) is 9.78 Å². The molecule has 4 heterocycles. The third-order valence-corrected chi connectivity index (χ3v) is 7.14. The first-order valence-corrected chi connectivity index (χ1v) is 11.1. The fraction of sp³-hybridized carbons (Fsp3) is 0.562. The molecule has 2 aliphatic rings. The molecule has 0 aliphatic carbocycles. The maximum atomic E-state index is 11.7. The van der Waals surface area contributed by atoms with Crippen LogP contribution in [-0.4, -0.2) is 55.9 Å². The maximum Gasteiger partial charge on any atom is 0.291 e. The van der Waals surface area contributed by atoms with Gasteiger partial charge in [-0.2, -0.15) is 4.68 Å². The molecular formula is C16H23N5O3S2+2. The van der Waals surface area contributed by atoms with Crippen molar-refractivity contribution in [2.24, 2.45) is 0 Å². The summed E-state index contributed by atoms with van der Waals surface area (Å²) < 4.78 is 30.6. The summed E-state index contributed by atoms with van der Waals surface area (Å²) in [7, 11) is -2.96. The lowest BCUT2D eigenvalue weighted by molar-refractivity contribution is -0.924. The van der Waals surface area contributed by atoms with Crippen molar-refractivity contribution in [2.45, 2.75) is 19.0 Å². The summed E-state index contributed by atoms with van der Waals surface area (Å²) >= 11 is 5.29. The Bertz CT molecular complexity index is 917. The Balaban J connectivity index is 1.38. The molecule has 10 heteroatoms. The van der Waals surface area contributed by atoms with Gasteiger partial charge in [0, 0.05) is 6.07 Å². The van der Waals surface area contributed by atoms with Crippen molar-refractivity contribution >= 4 is 27.9 Å². The molecule has 26 heavy (non-hydrogen) atoms. The highest BCUT2D eigenvalue weighted by Crippen LogP contribution is 2.27. The summed E-state index contributed by atoms with van der Waals surface area (Å²) in [6.07, 6.45) is 2.50. The highest BCUT2D eigenvalue weighted by atomic mass is 32.2. The molecule has 2 aromatic rings. The van der Waals surface area contributed by atoms with E-state index in [2.05, 4.69) is 21.0 Å². The van der Waals surface area contributed by atoms with Crippen LogP contribution in [0, 0.1) is 4.84 Å². The predicted molar refractivity (Wildman–Crippen MR) is 97.2 cm³/mol. The molecule has 2 saturated heterocycles. The molecule has 2 fully saturated rings. The number of hydrogen-bond donors (Lipinski definition) is 1. The first kappa shape index (κ1) is 17.6. The molecule has 0 unspecified atom stereocenters. The average molecular weight is 398 g/mol. The fourth-order valence-electron chi connectivity index (χ4n) is 3.59. The van der Waals surface area contributed by atoms with Crippen LogP contribution in [0.5, 0.6) is 0 Å². The van der Waals surface area contributed by atoms with Gasteiger partial charge in [-0.1, -0.05) is 6.07 Å². The van der Waals surface area contributed by atoms with Crippen LogP contribution < -0.4 is 14.8 Å². The van der Waals surface area contributed by atoms with Crippen molar-refractivity contribution in [3.63, 3.8) is 0 Å². The van der Waals surface area contributed by atoms with E-state index in [4.69, 9.17) is 16.6 Å². The highest BCUT2D eigenvalue weighted by molar-refractivity contribution is 7.91. The lowest BCUT2D eigenvalue weighted by Crippen LogP contribution is -3.14. The van der Waals surface area contributed by atoms with Gasteiger partial charge in [-0.25, -0.2) is 13.4 Å². The number of nitrogens with one attached hydrogen (secondary N) is 2. The van der Waals surface area contributed by atoms with E-state index in [1.165, 1.54) is 4.90 Å². The number of aromatic amines is 1. The van der Waals surface area contributed by atoms with E-state index in [0.717, 1.165) is 32.0 Å². The summed E-state index contributed by atoms with van der Waals surface area (Å²) in [5.41, 5.74) is 0. The quantitative estimate of drug-likeness (QED) is 0.686. The molecule has 0 aromatic carbocycles. The first-order valence-electron chi connectivity index (χ1n) is 8.84. The number of rotatable bonds is 4. The standard InChI is InChI=1S/C16H21N5O3S2/c22-26(23)10-4-13(11-26)15-18-21(16(25)24-15)12-19-6-8-20(9-7-19)14-3-1-2-5-17-14/h1-3,5,13H,4,6-12H2/p+2/t13-/m0/s1. The van der Waals surface area contributed by atoms with Gasteiger partial charge < -0.3 is 9.32 Å². The largest absolute Gasteiger partial charge is 0.413 e. The number of aromatic nitrogens is 3. The zero-order valence-electron chi connectivity index (χ0n) is 14.4. The Morgan fingerprint density at radius 3 is 2.81 bits per heavy atom. The SMILES string of the molecule is O=S1(=O)CC[C@H](c2nn(C[NH+]3CCN(c4cccc[nH+]4)CC3)c(=S)o2)C1. The predicted octanol–water partition coefficient (Wildman–Crippen LogP) is -0.716. The molecule has 2 N–H and O–H groups in total. The Morgan fingerprint density at radius 1 is 1.35 bits per heavy atom. The molecule has 140 valence electrons. The van der Waals surface area contributed by atoms with Crippen LogP contribution in [-0.2, 0) is 16.5 Å². The van der Waals surface area contributed by atoms with Gasteiger partial charge in [0.25, 0.3) is 10.7 Å². The van der Waals surface area contributed by atoms with E-state index in [-0.39, 0.29) is 17.4 Å². The van der Waals surface area contributed by atoms with E-state index >= 15 is 0 Å². The smallest absolute Gasteiger partial charge is 0.291 e. The molecule has 2 aliphatic heterocycles. The molecule has 0 saturated carbocycles. The summed E-state index contributed by atoms with van der Waals surface area (Å²) in [5.74, 6) is 1.75. The van der Waals surface area contributed by atoms with E-state index in [1.807, 2.05) is 18.3 Å². The average Bonchev–Trinajstić information content (AvgIpc) is 3.19. The van der Waals surface area contributed by atoms with Crippen LogP contribution in [0.2, 0.25) is 0 Å². The van der Waals surface area contributed by atoms with Gasteiger partial charge in [0.2, 0.25) is 5.89 Å². The highest BCUT2D eigenvalue weighted by Gasteiger charge is 2.33. The number of quaternary nitrogens is 1. The molecule has 0 spiro atoms. The monoisotopic (exact) mass is 397 g/mol. The van der Waals surface area contributed by atoms with Crippen LogP contribution in [0.15, 0.2) is 28.8 Å². The lowest BCUT2D eigenvalue weighted by Gasteiger charge is -2.27. The minimum Gasteiger partial charge on any atom is -0.413 e. The topological polar surface area (TPSA) is 86.9 Å². The van der Waals surface area contributed by atoms with Gasteiger partial charge >= 0.3 is 0 Å². The van der Waals surface area contributed by atoms with Gasteiger partial charge in [-0.05, 0) is 24.7 Å².